The third-order valence-corrected chi connectivity index (χ3v) is 10.1. The monoisotopic (exact) mass is 603 g/mol. The highest BCUT2D eigenvalue weighted by atomic mass is 19.1. The topological polar surface area (TPSA) is 64.2 Å². The lowest BCUT2D eigenvalue weighted by atomic mass is 9.63. The van der Waals surface area contributed by atoms with Gasteiger partial charge in [-0.2, -0.15) is 5.26 Å². The lowest BCUT2D eigenvalue weighted by Gasteiger charge is -2.49. The van der Waals surface area contributed by atoms with Gasteiger partial charge in [-0.25, -0.2) is 15.4 Å². The van der Waals surface area contributed by atoms with Gasteiger partial charge < -0.3 is 19.4 Å². The van der Waals surface area contributed by atoms with E-state index in [1.165, 1.54) is 19.2 Å². The van der Waals surface area contributed by atoms with Crippen molar-refractivity contribution in [1.82, 2.24) is 9.80 Å². The number of esters is 1. The van der Waals surface area contributed by atoms with Crippen LogP contribution in [-0.2, 0) is 21.6 Å². The number of carbonyl (C=O) groups excluding carboxylic acids is 1. The number of halogens is 2. The molecule has 3 fully saturated rings. The van der Waals surface area contributed by atoms with Gasteiger partial charge in [0.25, 0.3) is 5.54 Å². The number of anilines is 1. The minimum atomic E-state index is -1.33. The molecular formula is C35H43F2N5O2. The fourth-order valence-corrected chi connectivity index (χ4v) is 8.10. The molecule has 2 aromatic carbocycles. The van der Waals surface area contributed by atoms with Gasteiger partial charge in [-0.05, 0) is 94.7 Å². The van der Waals surface area contributed by atoms with E-state index in [0.29, 0.717) is 63.2 Å². The number of rotatable bonds is 10. The summed E-state index contributed by atoms with van der Waals surface area (Å²) < 4.78 is 35.5. The maximum absolute atomic E-state index is 16.0. The molecule has 2 saturated heterocycles. The maximum Gasteiger partial charge on any atom is 0.305 e. The molecule has 3 atom stereocenters. The summed E-state index contributed by atoms with van der Waals surface area (Å²) in [7, 11) is 5.31. The Kier molecular flexibility index (Phi) is 9.58. The van der Waals surface area contributed by atoms with Crippen molar-refractivity contribution in [3.63, 3.8) is 0 Å². The second-order valence-electron chi connectivity index (χ2n) is 13.3. The van der Waals surface area contributed by atoms with Crippen molar-refractivity contribution in [1.29, 1.82) is 5.26 Å². The smallest absolute Gasteiger partial charge is 0.305 e. The highest BCUT2D eigenvalue weighted by molar-refractivity contribution is 5.69. The van der Waals surface area contributed by atoms with E-state index in [1.807, 2.05) is 48.2 Å². The second-order valence-corrected chi connectivity index (χ2v) is 13.3. The van der Waals surface area contributed by atoms with Crippen LogP contribution < -0.4 is 4.90 Å². The molecule has 0 unspecified atom stereocenters. The van der Waals surface area contributed by atoms with E-state index in [1.54, 1.807) is 6.07 Å². The first-order chi connectivity index (χ1) is 21.1. The van der Waals surface area contributed by atoms with E-state index >= 15 is 4.39 Å². The maximum atomic E-state index is 16.0. The van der Waals surface area contributed by atoms with Crippen molar-refractivity contribution >= 4 is 11.7 Å². The summed E-state index contributed by atoms with van der Waals surface area (Å²) in [6.45, 7) is 11.4. The van der Waals surface area contributed by atoms with Crippen molar-refractivity contribution in [3.05, 3.63) is 76.4 Å². The highest BCUT2D eigenvalue weighted by Crippen LogP contribution is 2.54. The van der Waals surface area contributed by atoms with Gasteiger partial charge in [0.15, 0.2) is 5.67 Å². The van der Waals surface area contributed by atoms with E-state index in [9.17, 15) is 14.4 Å². The normalized spacial score (nSPS) is 23.4. The highest BCUT2D eigenvalue weighted by Gasteiger charge is 2.58. The van der Waals surface area contributed by atoms with Gasteiger partial charge in [-0.1, -0.05) is 18.6 Å². The molecule has 0 radical (unpaired) electrons. The largest absolute Gasteiger partial charge is 0.469 e. The van der Waals surface area contributed by atoms with Gasteiger partial charge in [0, 0.05) is 42.6 Å². The molecular weight excluding hydrogens is 560 g/mol. The Balaban J connectivity index is 1.27. The van der Waals surface area contributed by atoms with E-state index in [-0.39, 0.29) is 36.0 Å². The number of carbonyl (C=O) groups is 1. The Labute approximate surface area is 260 Å². The van der Waals surface area contributed by atoms with Crippen LogP contribution in [0.25, 0.3) is 4.85 Å². The van der Waals surface area contributed by atoms with Gasteiger partial charge in [0.1, 0.15) is 5.82 Å². The van der Waals surface area contributed by atoms with Crippen LogP contribution in [-0.4, -0.2) is 75.4 Å². The van der Waals surface area contributed by atoms with Crippen LogP contribution in [0.1, 0.15) is 55.2 Å². The number of ether oxygens (including phenoxy) is 1. The minimum Gasteiger partial charge on any atom is -0.469 e. The van der Waals surface area contributed by atoms with Crippen molar-refractivity contribution in [2.45, 2.75) is 56.3 Å². The predicted molar refractivity (Wildman–Crippen MR) is 166 cm³/mol. The third-order valence-electron chi connectivity index (χ3n) is 10.1. The van der Waals surface area contributed by atoms with E-state index in [2.05, 4.69) is 15.8 Å². The number of hydrogen-bond acceptors (Lipinski definition) is 6. The number of nitrogens with zero attached hydrogens (tertiary/aromatic N) is 5. The SMILES string of the molecule is [C-]#[N+][C@@](c1cccc(F)c1)(C1CCN(CC2(F)CN(c3ccc(C#N)c(CN(C)C)c3)C2)CC1)[C@H]1CCC[C@@H]1CC(=O)OC. The van der Waals surface area contributed by atoms with Crippen LogP contribution in [0.15, 0.2) is 42.5 Å². The van der Waals surface area contributed by atoms with Crippen molar-refractivity contribution in [2.75, 3.05) is 58.8 Å². The molecule has 0 N–H and O–H groups in total. The molecule has 0 bridgehead atoms. The first-order valence-electron chi connectivity index (χ1n) is 15.7. The second kappa shape index (κ2) is 13.2. The Morgan fingerprint density at radius 1 is 1.18 bits per heavy atom. The molecule has 0 amide bonds. The van der Waals surface area contributed by atoms with Crippen LogP contribution in [0.5, 0.6) is 0 Å². The molecule has 2 aromatic rings. The van der Waals surface area contributed by atoms with Crippen molar-refractivity contribution in [2.24, 2.45) is 17.8 Å². The quantitative estimate of drug-likeness (QED) is 0.253. The molecule has 5 rings (SSSR count). The van der Waals surface area contributed by atoms with Gasteiger partial charge in [0.2, 0.25) is 0 Å². The zero-order valence-electron chi connectivity index (χ0n) is 26.1. The molecule has 0 spiro atoms. The number of hydrogen-bond donors (Lipinski definition) is 0. The van der Waals surface area contributed by atoms with Gasteiger partial charge in [-0.15, -0.1) is 0 Å². The van der Waals surface area contributed by atoms with Crippen molar-refractivity contribution in [3.8, 4) is 6.07 Å². The summed E-state index contributed by atoms with van der Waals surface area (Å²) in [6.07, 6.45) is 4.28. The molecule has 1 aliphatic carbocycles. The Morgan fingerprint density at radius 3 is 2.57 bits per heavy atom. The molecule has 9 heteroatoms. The standard InChI is InChI=1S/C35H43F2N5O2/c1-39-35(29-8-6-9-30(36)19-29,32-10-5-7-25(32)18-33(43)44-4)28-13-15-41(16-14-28)22-34(37)23-42(24-34)31-12-11-26(20-38)27(17-31)21-40(2)3/h6,8-9,11-12,17,19,25,28,32H,5,7,10,13-16,18,21-24H2,2-4H3/t25-,32+,35-/m1/s1. The van der Waals surface area contributed by atoms with Gasteiger partial charge in [0.05, 0.1) is 31.8 Å². The van der Waals surface area contributed by atoms with Gasteiger partial charge >= 0.3 is 5.97 Å². The lowest BCUT2D eigenvalue weighted by molar-refractivity contribution is -0.142. The fourth-order valence-electron chi connectivity index (χ4n) is 8.10. The van der Waals surface area contributed by atoms with Gasteiger partial charge in [-0.3, -0.25) is 9.69 Å². The van der Waals surface area contributed by atoms with Crippen LogP contribution in [0.4, 0.5) is 14.5 Å². The Hall–Kier alpha value is -3.53. The fraction of sp³-hybridized carbons (Fsp3) is 0.571. The molecule has 2 heterocycles. The Morgan fingerprint density at radius 2 is 1.93 bits per heavy atom. The summed E-state index contributed by atoms with van der Waals surface area (Å²) in [4.78, 5) is 22.8. The Bertz CT molecular complexity index is 1420. The van der Waals surface area contributed by atoms with Crippen molar-refractivity contribution < 1.29 is 18.3 Å². The van der Waals surface area contributed by atoms with E-state index in [4.69, 9.17) is 11.3 Å². The number of piperidine rings is 1. The molecule has 1 saturated carbocycles. The van der Waals surface area contributed by atoms with Crippen LogP contribution in [0, 0.1) is 41.5 Å². The average molecular weight is 604 g/mol. The minimum absolute atomic E-state index is 0.00776. The summed E-state index contributed by atoms with van der Waals surface area (Å²) in [5.41, 5.74) is 0.928. The summed E-state index contributed by atoms with van der Waals surface area (Å²) >= 11 is 0. The van der Waals surface area contributed by atoms with E-state index in [0.717, 1.165) is 30.5 Å². The lowest BCUT2D eigenvalue weighted by Crippen LogP contribution is -2.64. The van der Waals surface area contributed by atoms with Crippen LogP contribution in [0.2, 0.25) is 0 Å². The molecule has 7 nitrogen and oxygen atoms in total. The zero-order valence-corrected chi connectivity index (χ0v) is 26.1. The predicted octanol–water partition coefficient (Wildman–Crippen LogP) is 5.79. The van der Waals surface area contributed by atoms with Crippen LogP contribution in [0.3, 0.4) is 0 Å². The average Bonchev–Trinajstić information content (AvgIpc) is 3.45. The molecule has 44 heavy (non-hydrogen) atoms. The number of nitriles is 1. The summed E-state index contributed by atoms with van der Waals surface area (Å²) in [5, 5.41) is 9.48. The zero-order chi connectivity index (χ0) is 31.5. The summed E-state index contributed by atoms with van der Waals surface area (Å²) in [6, 6.07) is 14.4. The number of alkyl halides is 1. The first kappa shape index (κ1) is 31.9. The molecule has 0 aromatic heterocycles. The molecule has 2 aliphatic heterocycles. The third kappa shape index (κ3) is 6.46. The molecule has 234 valence electrons. The first-order valence-corrected chi connectivity index (χ1v) is 15.7. The van der Waals surface area contributed by atoms with Crippen LogP contribution >= 0.6 is 0 Å². The number of benzene rings is 2. The van der Waals surface area contributed by atoms with E-state index < -0.39 is 11.2 Å². The number of likely N-dealkylation sites (tertiary alicyclic amines) is 1. The summed E-state index contributed by atoms with van der Waals surface area (Å²) in [5.74, 6) is -0.722. The number of methoxy groups -OCH3 is 1. The molecule has 3 aliphatic rings.